The minimum atomic E-state index is -1.15. The quantitative estimate of drug-likeness (QED) is 0.0934. The molecule has 1 aliphatic heterocycles. The van der Waals surface area contributed by atoms with Crippen molar-refractivity contribution in [2.75, 3.05) is 20.6 Å². The van der Waals surface area contributed by atoms with Crippen LogP contribution in [0, 0.1) is 11.3 Å². The number of ketones is 1. The summed E-state index contributed by atoms with van der Waals surface area (Å²) < 4.78 is 5.59. The fraction of sp³-hybridized carbons (Fsp3) is 0.553. The predicted octanol–water partition coefficient (Wildman–Crippen LogP) is 5.55. The molecule has 3 rings (SSSR count). The van der Waals surface area contributed by atoms with E-state index in [0.717, 1.165) is 21.2 Å². The number of Topliss-reactive ketones (excluding diaryl/α,β-unsaturated/α-hetero) is 1. The van der Waals surface area contributed by atoms with Gasteiger partial charge in [0.1, 0.15) is 23.5 Å². The molecule has 4 atom stereocenters. The SMILES string of the molecule is CN[C@H](C(=O)N[C@H](C(=O)N(C)[C@H](/C=C(\C)C(=O)N[C@H](CCC(=O)CCCN1C(=O)C=CC1=O)C(=O)OC(C)(C)C)C(C)C)C(C)(C)C)C(C)(C)c1ccc2ccccc2c1. The van der Waals surface area contributed by atoms with Crippen LogP contribution in [0.1, 0.15) is 107 Å². The highest BCUT2D eigenvalue weighted by atomic mass is 16.6. The number of carbonyl (C=O) groups is 7. The van der Waals surface area contributed by atoms with E-state index in [1.54, 1.807) is 52.8 Å². The number of nitrogens with zero attached hydrogens (tertiary/aromatic N) is 2. The summed E-state index contributed by atoms with van der Waals surface area (Å²) in [6, 6.07) is 10.9. The molecule has 60 heavy (non-hydrogen) atoms. The molecule has 0 unspecified atom stereocenters. The fourth-order valence-electron chi connectivity index (χ4n) is 7.29. The van der Waals surface area contributed by atoms with Crippen molar-refractivity contribution in [2.24, 2.45) is 11.3 Å². The van der Waals surface area contributed by atoms with E-state index in [9.17, 15) is 33.6 Å². The van der Waals surface area contributed by atoms with Gasteiger partial charge < -0.3 is 25.6 Å². The molecular weight excluding hydrogens is 763 g/mol. The predicted molar refractivity (Wildman–Crippen MR) is 233 cm³/mol. The van der Waals surface area contributed by atoms with Crippen LogP contribution in [0.25, 0.3) is 10.8 Å². The number of rotatable bonds is 19. The van der Waals surface area contributed by atoms with Gasteiger partial charge in [0.15, 0.2) is 0 Å². The van der Waals surface area contributed by atoms with Crippen molar-refractivity contribution in [3.05, 3.63) is 71.8 Å². The van der Waals surface area contributed by atoms with Crippen LogP contribution >= 0.6 is 0 Å². The van der Waals surface area contributed by atoms with E-state index in [1.165, 1.54) is 12.2 Å². The van der Waals surface area contributed by atoms with E-state index in [0.29, 0.717) is 0 Å². The summed E-state index contributed by atoms with van der Waals surface area (Å²) in [6.45, 7) is 20.3. The molecule has 328 valence electrons. The minimum absolute atomic E-state index is 0.0276. The summed E-state index contributed by atoms with van der Waals surface area (Å²) in [5.74, 6) is -3.13. The maximum absolute atomic E-state index is 14.5. The fourth-order valence-corrected chi connectivity index (χ4v) is 7.29. The van der Waals surface area contributed by atoms with Gasteiger partial charge >= 0.3 is 5.97 Å². The summed E-state index contributed by atoms with van der Waals surface area (Å²) in [6.07, 6.45) is 4.32. The second kappa shape index (κ2) is 20.4. The van der Waals surface area contributed by atoms with Crippen molar-refractivity contribution < 1.29 is 38.3 Å². The Hall–Kier alpha value is -5.17. The summed E-state index contributed by atoms with van der Waals surface area (Å²) >= 11 is 0. The first-order valence-electron chi connectivity index (χ1n) is 20.8. The third-order valence-electron chi connectivity index (χ3n) is 10.9. The number of likely N-dealkylation sites (N-methyl/N-ethyl adjacent to an activating group) is 2. The molecule has 13 nitrogen and oxygen atoms in total. The van der Waals surface area contributed by atoms with Gasteiger partial charge in [0, 0.05) is 49.6 Å². The van der Waals surface area contributed by atoms with Gasteiger partial charge in [-0.05, 0) is 75.3 Å². The molecule has 2 aromatic carbocycles. The largest absolute Gasteiger partial charge is 0.458 e. The van der Waals surface area contributed by atoms with E-state index >= 15 is 0 Å². The number of nitrogens with one attached hydrogen (secondary N) is 3. The van der Waals surface area contributed by atoms with Crippen molar-refractivity contribution in [3.8, 4) is 0 Å². The van der Waals surface area contributed by atoms with E-state index in [-0.39, 0.29) is 61.3 Å². The van der Waals surface area contributed by atoms with Crippen molar-refractivity contribution >= 4 is 52.1 Å². The van der Waals surface area contributed by atoms with Crippen LogP contribution in [-0.2, 0) is 43.7 Å². The minimum Gasteiger partial charge on any atom is -0.458 e. The molecular formula is C47H67N5O8. The van der Waals surface area contributed by atoms with Crippen molar-refractivity contribution in [1.29, 1.82) is 0 Å². The van der Waals surface area contributed by atoms with E-state index < -0.39 is 64.3 Å². The number of amides is 5. The van der Waals surface area contributed by atoms with Gasteiger partial charge in [-0.2, -0.15) is 0 Å². The molecule has 0 bridgehead atoms. The average molecular weight is 830 g/mol. The molecule has 3 N–H and O–H groups in total. The topological polar surface area (TPSA) is 171 Å². The highest BCUT2D eigenvalue weighted by Gasteiger charge is 2.42. The Kier molecular flexibility index (Phi) is 16.7. The molecule has 5 amide bonds. The zero-order valence-electron chi connectivity index (χ0n) is 37.9. The molecule has 0 spiro atoms. The van der Waals surface area contributed by atoms with E-state index in [4.69, 9.17) is 4.74 Å². The Morgan fingerprint density at radius 3 is 1.98 bits per heavy atom. The van der Waals surface area contributed by atoms with Gasteiger partial charge in [-0.3, -0.25) is 33.7 Å². The van der Waals surface area contributed by atoms with Gasteiger partial charge in [0.05, 0.1) is 12.1 Å². The number of hydrogen-bond donors (Lipinski definition) is 3. The second-order valence-electron chi connectivity index (χ2n) is 18.7. The van der Waals surface area contributed by atoms with Crippen LogP contribution < -0.4 is 16.0 Å². The van der Waals surface area contributed by atoms with E-state index in [2.05, 4.69) is 22.0 Å². The summed E-state index contributed by atoms with van der Waals surface area (Å²) in [7, 11) is 3.38. The molecule has 1 aliphatic rings. The molecule has 0 saturated carbocycles. The molecule has 0 aliphatic carbocycles. The standard InChI is InChI=1S/C47H67N5O8/c1-29(2)36(27-30(3)41(56)49-35(44(59)60-46(7,8)9)23-22-34(53)19-16-26-52-37(54)24-25-38(52)55)51(13)43(58)40(45(4,5)6)50-42(57)39(48-12)47(10,11)33-21-20-31-17-14-15-18-32(31)28-33/h14-15,17-18,20-21,24-25,27-29,35-36,39-40,48H,16,19,22-23,26H2,1-13H3,(H,49,56)(H,50,57)/b30-27+/t35-,36-,39-,40-/m1/s1. The Labute approximate surface area is 356 Å². The Morgan fingerprint density at radius 2 is 1.43 bits per heavy atom. The van der Waals surface area contributed by atoms with Crippen LogP contribution in [0.5, 0.6) is 0 Å². The number of ether oxygens (including phenoxy) is 1. The van der Waals surface area contributed by atoms with E-state index in [1.807, 2.05) is 84.9 Å². The number of esters is 1. The monoisotopic (exact) mass is 829 g/mol. The normalized spacial score (nSPS) is 15.8. The Morgan fingerprint density at radius 1 is 0.833 bits per heavy atom. The highest BCUT2D eigenvalue weighted by Crippen LogP contribution is 2.31. The maximum atomic E-state index is 14.5. The van der Waals surface area contributed by atoms with Crippen molar-refractivity contribution in [3.63, 3.8) is 0 Å². The van der Waals surface area contributed by atoms with Gasteiger partial charge in [-0.15, -0.1) is 0 Å². The van der Waals surface area contributed by atoms with Crippen LogP contribution in [0.4, 0.5) is 0 Å². The zero-order chi connectivity index (χ0) is 45.3. The lowest BCUT2D eigenvalue weighted by Crippen LogP contribution is -2.61. The molecule has 0 saturated heterocycles. The summed E-state index contributed by atoms with van der Waals surface area (Å²) in [5.41, 5.74) is -1.00. The van der Waals surface area contributed by atoms with Crippen LogP contribution in [0.15, 0.2) is 66.3 Å². The number of hydrogen-bond acceptors (Lipinski definition) is 9. The highest BCUT2D eigenvalue weighted by molar-refractivity contribution is 6.12. The summed E-state index contributed by atoms with van der Waals surface area (Å²) in [5, 5.41) is 11.2. The van der Waals surface area contributed by atoms with Crippen LogP contribution in [0.3, 0.4) is 0 Å². The molecule has 13 heteroatoms. The lowest BCUT2D eigenvalue weighted by atomic mass is 9.76. The molecule has 1 heterocycles. The van der Waals surface area contributed by atoms with Crippen LogP contribution in [0.2, 0.25) is 0 Å². The molecule has 0 radical (unpaired) electrons. The van der Waals surface area contributed by atoms with Gasteiger partial charge in [0.25, 0.3) is 11.8 Å². The zero-order valence-corrected chi connectivity index (χ0v) is 37.9. The third kappa shape index (κ3) is 13.2. The first-order chi connectivity index (χ1) is 27.8. The Bertz CT molecular complexity index is 1970. The number of imide groups is 1. The van der Waals surface area contributed by atoms with Gasteiger partial charge in [-0.1, -0.05) is 97.0 Å². The van der Waals surface area contributed by atoms with Gasteiger partial charge in [-0.25, -0.2) is 4.79 Å². The second-order valence-corrected chi connectivity index (χ2v) is 18.7. The molecule has 0 aromatic heterocycles. The number of carbonyl (C=O) groups excluding carboxylic acids is 7. The maximum Gasteiger partial charge on any atom is 0.329 e. The third-order valence-corrected chi connectivity index (χ3v) is 10.9. The molecule has 0 fully saturated rings. The Balaban J connectivity index is 1.77. The summed E-state index contributed by atoms with van der Waals surface area (Å²) in [4.78, 5) is 94.8. The number of fused-ring (bicyclic) bond motifs is 1. The van der Waals surface area contributed by atoms with Gasteiger partial charge in [0.2, 0.25) is 17.7 Å². The first-order valence-corrected chi connectivity index (χ1v) is 20.8. The smallest absolute Gasteiger partial charge is 0.329 e. The lowest BCUT2D eigenvalue weighted by molar-refractivity contribution is -0.158. The average Bonchev–Trinajstić information content (AvgIpc) is 3.47. The first kappa shape index (κ1) is 49.2. The lowest BCUT2D eigenvalue weighted by Gasteiger charge is -2.40. The molecule has 2 aromatic rings. The van der Waals surface area contributed by atoms with Crippen molar-refractivity contribution in [1.82, 2.24) is 25.8 Å². The van der Waals surface area contributed by atoms with Crippen molar-refractivity contribution in [2.45, 2.75) is 137 Å². The van der Waals surface area contributed by atoms with Crippen LogP contribution in [-0.4, -0.2) is 101 Å². The number of benzene rings is 2.